The number of hydrogen-bond donors (Lipinski definition) is 2. The van der Waals surface area contributed by atoms with E-state index in [4.69, 9.17) is 14.5 Å². The normalized spacial score (nSPS) is 31.4. The van der Waals surface area contributed by atoms with Crippen LogP contribution in [0.3, 0.4) is 0 Å². The van der Waals surface area contributed by atoms with Gasteiger partial charge >= 0.3 is 5.97 Å². The second-order valence-electron chi connectivity index (χ2n) is 17.1. The zero-order chi connectivity index (χ0) is 40.1. The Balaban J connectivity index is 1.14. The Morgan fingerprint density at radius 2 is 1.68 bits per heavy atom. The lowest BCUT2D eigenvalue weighted by molar-refractivity contribution is -0.156. The van der Waals surface area contributed by atoms with Crippen molar-refractivity contribution < 1.29 is 37.1 Å². The molecule has 0 radical (unpaired) electrons. The molecule has 14 nitrogen and oxygen atoms in total. The lowest BCUT2D eigenvalue weighted by Crippen LogP contribution is -2.57. The lowest BCUT2D eigenvalue weighted by atomic mass is 9.86. The number of sulfonamides is 1. The van der Waals surface area contributed by atoms with Crippen LogP contribution >= 0.6 is 15.9 Å². The molecule has 2 aromatic rings. The molecule has 57 heavy (non-hydrogen) atoms. The van der Waals surface area contributed by atoms with E-state index in [-0.39, 0.29) is 61.2 Å². The fourth-order valence-corrected chi connectivity index (χ4v) is 11.5. The van der Waals surface area contributed by atoms with Crippen LogP contribution in [0, 0.1) is 23.7 Å². The number of esters is 1. The topological polar surface area (TPSA) is 183 Å². The van der Waals surface area contributed by atoms with Gasteiger partial charge in [-0.3, -0.25) is 33.3 Å². The number of nitrogens with one attached hydrogen (secondary N) is 2. The molecule has 8 rings (SSSR count). The van der Waals surface area contributed by atoms with Gasteiger partial charge in [0.05, 0.1) is 35.0 Å². The van der Waals surface area contributed by atoms with Gasteiger partial charge < -0.3 is 19.7 Å². The number of nitrogens with zero attached hydrogens (tertiary/aromatic N) is 3. The van der Waals surface area contributed by atoms with Gasteiger partial charge in [-0.1, -0.05) is 47.7 Å². The highest BCUT2D eigenvalue weighted by molar-refractivity contribution is 9.10. The van der Waals surface area contributed by atoms with Gasteiger partial charge in [-0.2, -0.15) is 4.98 Å². The predicted octanol–water partition coefficient (Wildman–Crippen LogP) is 4.66. The van der Waals surface area contributed by atoms with Gasteiger partial charge in [0.25, 0.3) is 17.5 Å². The van der Waals surface area contributed by atoms with Crippen molar-refractivity contribution in [3.63, 3.8) is 0 Å². The molecular formula is C41H52BrN5O9S. The SMILES string of the molecule is C=C[C@H]1C[C@]1(NC(=O)[C@@H]1C[C@@H]2CN1C(=O)[C@H](C1CCCC1)CC(=O)O[C@@H]1CCC[C@H]1CCCCCn1c(nc3cc(Br)ccc3c1=O)O2)C(=O)NS(=O)(=O)C1CC1. The van der Waals surface area contributed by atoms with E-state index in [0.29, 0.717) is 36.7 Å². The Kier molecular flexibility index (Phi) is 11.3. The molecule has 1 aromatic heterocycles. The van der Waals surface area contributed by atoms with Gasteiger partial charge in [-0.05, 0) is 94.2 Å². The van der Waals surface area contributed by atoms with E-state index in [1.807, 2.05) is 0 Å². The molecule has 1 saturated heterocycles. The van der Waals surface area contributed by atoms with Crippen molar-refractivity contribution in [1.29, 1.82) is 0 Å². The third-order valence-electron chi connectivity index (χ3n) is 13.3. The number of aromatic nitrogens is 2. The maximum absolute atomic E-state index is 14.9. The molecule has 5 fully saturated rings. The fraction of sp³-hybridized carbons (Fsp3) is 0.659. The molecule has 4 saturated carbocycles. The largest absolute Gasteiger partial charge is 0.462 e. The van der Waals surface area contributed by atoms with Gasteiger partial charge in [0.15, 0.2) is 0 Å². The molecule has 0 unspecified atom stereocenters. The van der Waals surface area contributed by atoms with E-state index in [0.717, 1.165) is 68.7 Å². The van der Waals surface area contributed by atoms with Crippen molar-refractivity contribution in [2.24, 2.45) is 23.7 Å². The van der Waals surface area contributed by atoms with Crippen LogP contribution in [0.5, 0.6) is 6.01 Å². The summed E-state index contributed by atoms with van der Waals surface area (Å²) in [5.74, 6) is -3.35. The van der Waals surface area contributed by atoms with Gasteiger partial charge in [0.1, 0.15) is 23.8 Å². The van der Waals surface area contributed by atoms with Crippen LogP contribution in [0.2, 0.25) is 0 Å². The highest BCUT2D eigenvalue weighted by Crippen LogP contribution is 2.46. The number of carbonyl (C=O) groups excluding carboxylic acids is 4. The molecule has 3 heterocycles. The monoisotopic (exact) mass is 869 g/mol. The quantitative estimate of drug-likeness (QED) is 0.293. The van der Waals surface area contributed by atoms with Gasteiger partial charge in [-0.15, -0.1) is 6.58 Å². The molecule has 0 spiro atoms. The number of benzene rings is 1. The van der Waals surface area contributed by atoms with Crippen LogP contribution in [0.25, 0.3) is 10.9 Å². The number of halogens is 1. The van der Waals surface area contributed by atoms with Crippen LogP contribution in [-0.4, -0.2) is 82.1 Å². The molecule has 3 amide bonds. The summed E-state index contributed by atoms with van der Waals surface area (Å²) in [4.78, 5) is 77.0. The van der Waals surface area contributed by atoms with Gasteiger partial charge in [0, 0.05) is 23.4 Å². The molecule has 2 bridgehead atoms. The Bertz CT molecular complexity index is 2120. The number of ether oxygens (including phenoxy) is 2. The van der Waals surface area contributed by atoms with E-state index < -0.39 is 62.6 Å². The summed E-state index contributed by atoms with van der Waals surface area (Å²) in [6.07, 6.45) is 10.9. The lowest BCUT2D eigenvalue weighted by Gasteiger charge is -2.32. The molecule has 16 heteroatoms. The standard InChI is InChI=1S/C41H52BrN5O9S/c1-2-26-22-41(26,39(52)45-57(53,54)29-15-16-29)44-36(49)33-20-28-23-47(33)38(51)31(24-9-5-6-10-24)21-35(48)56-34-13-8-12-25(34)11-4-3-7-18-46-37(50)30-17-14-27(42)19-32(30)43-40(46)55-28/h2,14,17,19,24-26,28-29,31,33-34H,1,3-13,15-16,18,20-23H2,(H,44,49)(H,45,52)/t25-,26+,28-,31+,33+,34-,41-/m1/s1. The van der Waals surface area contributed by atoms with E-state index in [2.05, 4.69) is 32.5 Å². The molecule has 6 aliphatic rings. The first-order chi connectivity index (χ1) is 27.4. The summed E-state index contributed by atoms with van der Waals surface area (Å²) >= 11 is 3.48. The third-order valence-corrected chi connectivity index (χ3v) is 15.6. The summed E-state index contributed by atoms with van der Waals surface area (Å²) < 4.78 is 42.8. The maximum atomic E-state index is 14.9. The molecular weight excluding hydrogens is 818 g/mol. The van der Waals surface area contributed by atoms with Crippen molar-refractivity contribution in [1.82, 2.24) is 24.5 Å². The minimum Gasteiger partial charge on any atom is -0.462 e. The minimum absolute atomic E-state index is 0.00633. The first kappa shape index (κ1) is 40.0. The molecule has 308 valence electrons. The molecule has 4 aliphatic carbocycles. The molecule has 2 aliphatic heterocycles. The summed E-state index contributed by atoms with van der Waals surface area (Å²) in [5, 5.41) is 2.64. The zero-order valence-electron chi connectivity index (χ0n) is 32.2. The van der Waals surface area contributed by atoms with E-state index in [1.54, 1.807) is 22.8 Å². The molecule has 2 N–H and O–H groups in total. The second-order valence-corrected chi connectivity index (χ2v) is 20.0. The zero-order valence-corrected chi connectivity index (χ0v) is 34.6. The van der Waals surface area contributed by atoms with E-state index in [9.17, 15) is 32.4 Å². The highest BCUT2D eigenvalue weighted by atomic mass is 79.9. The van der Waals surface area contributed by atoms with Gasteiger partial charge in [-0.25, -0.2) is 8.42 Å². The Labute approximate surface area is 341 Å². The number of rotatable bonds is 7. The van der Waals surface area contributed by atoms with Crippen LogP contribution < -0.4 is 20.3 Å². The van der Waals surface area contributed by atoms with E-state index in [1.165, 1.54) is 11.0 Å². The van der Waals surface area contributed by atoms with Crippen LogP contribution in [0.15, 0.2) is 40.1 Å². The summed E-state index contributed by atoms with van der Waals surface area (Å²) in [7, 11) is -3.91. The maximum Gasteiger partial charge on any atom is 0.306 e. The smallest absolute Gasteiger partial charge is 0.306 e. The van der Waals surface area contributed by atoms with Crippen molar-refractivity contribution >= 4 is 60.5 Å². The number of carbonyl (C=O) groups is 4. The molecule has 1 aromatic carbocycles. The average Bonchev–Trinajstić information content (AvgIpc) is 3.96. The highest BCUT2D eigenvalue weighted by Gasteiger charge is 2.62. The summed E-state index contributed by atoms with van der Waals surface area (Å²) in [5.41, 5.74) is -1.37. The number of fused-ring (bicyclic) bond motifs is 5. The number of amides is 3. The van der Waals surface area contributed by atoms with Crippen molar-refractivity contribution in [3.05, 3.63) is 45.7 Å². The summed E-state index contributed by atoms with van der Waals surface area (Å²) in [6, 6.07) is 4.22. The molecule has 7 atom stereocenters. The summed E-state index contributed by atoms with van der Waals surface area (Å²) in [6.45, 7) is 4.12. The number of hydrogen-bond acceptors (Lipinski definition) is 10. The average molecular weight is 871 g/mol. The van der Waals surface area contributed by atoms with E-state index >= 15 is 0 Å². The van der Waals surface area contributed by atoms with Crippen molar-refractivity contribution in [3.8, 4) is 6.01 Å². The first-order valence-corrected chi connectivity index (χ1v) is 23.1. The Morgan fingerprint density at radius 3 is 2.42 bits per heavy atom. The Morgan fingerprint density at radius 1 is 0.947 bits per heavy atom. The van der Waals surface area contributed by atoms with Crippen molar-refractivity contribution in [2.75, 3.05) is 6.54 Å². The van der Waals surface area contributed by atoms with Crippen LogP contribution in [-0.2, 0) is 40.5 Å². The van der Waals surface area contributed by atoms with Crippen LogP contribution in [0.4, 0.5) is 0 Å². The first-order valence-electron chi connectivity index (χ1n) is 20.7. The minimum atomic E-state index is -3.91. The van der Waals surface area contributed by atoms with Gasteiger partial charge in [0.2, 0.25) is 21.8 Å². The van der Waals surface area contributed by atoms with Crippen molar-refractivity contribution in [2.45, 2.75) is 138 Å². The Hall–Kier alpha value is -3.79. The predicted molar refractivity (Wildman–Crippen MR) is 213 cm³/mol. The second kappa shape index (κ2) is 16.1. The fourth-order valence-electron chi connectivity index (χ4n) is 9.77. The third kappa shape index (κ3) is 8.26. The van der Waals surface area contributed by atoms with Crippen LogP contribution in [0.1, 0.15) is 103 Å².